The fourth-order valence-corrected chi connectivity index (χ4v) is 4.01. The minimum Gasteiger partial charge on any atom is -0.396 e. The molecule has 1 aliphatic rings. The predicted molar refractivity (Wildman–Crippen MR) is 111 cm³/mol. The molecule has 0 radical (unpaired) electrons. The van der Waals surface area contributed by atoms with Crippen molar-refractivity contribution >= 4 is 0 Å². The molecule has 152 valence electrons. The van der Waals surface area contributed by atoms with E-state index >= 15 is 0 Å². The van der Waals surface area contributed by atoms with Gasteiger partial charge in [-0.2, -0.15) is 5.10 Å². The van der Waals surface area contributed by atoms with Gasteiger partial charge in [0.1, 0.15) is 5.82 Å². The van der Waals surface area contributed by atoms with Gasteiger partial charge >= 0.3 is 0 Å². The van der Waals surface area contributed by atoms with Gasteiger partial charge in [0.15, 0.2) is 0 Å². The normalized spacial score (nSPS) is 18.2. The van der Waals surface area contributed by atoms with Crippen molar-refractivity contribution in [1.82, 2.24) is 19.6 Å². The zero-order valence-electron chi connectivity index (χ0n) is 16.5. The Morgan fingerprint density at radius 3 is 2.66 bits per heavy atom. The highest BCUT2D eigenvalue weighted by atomic mass is 19.1. The molecule has 3 aromatic rings. The Hall–Kier alpha value is -2.54. The van der Waals surface area contributed by atoms with E-state index in [1.54, 1.807) is 10.7 Å². The maximum absolute atomic E-state index is 13.5. The molecule has 0 saturated carbocycles. The van der Waals surface area contributed by atoms with E-state index in [0.29, 0.717) is 6.04 Å². The molecule has 1 saturated heterocycles. The molecule has 5 nitrogen and oxygen atoms in total. The molecule has 1 aromatic heterocycles. The zero-order chi connectivity index (χ0) is 20.1. The number of aliphatic hydroxyl groups excluding tert-OH is 1. The van der Waals surface area contributed by atoms with Gasteiger partial charge < -0.3 is 5.11 Å². The fourth-order valence-electron chi connectivity index (χ4n) is 4.01. The first-order chi connectivity index (χ1) is 14.2. The number of aliphatic hydroxyl groups is 1. The minimum absolute atomic E-state index is 0.196. The van der Waals surface area contributed by atoms with Gasteiger partial charge in [-0.1, -0.05) is 36.4 Å². The lowest BCUT2D eigenvalue weighted by Gasteiger charge is -2.41. The smallest absolute Gasteiger partial charge is 0.125 e. The van der Waals surface area contributed by atoms with Crippen LogP contribution < -0.4 is 0 Å². The highest BCUT2D eigenvalue weighted by molar-refractivity contribution is 5.31. The third-order valence-corrected chi connectivity index (χ3v) is 5.49. The lowest BCUT2D eigenvalue weighted by Crippen LogP contribution is -2.52. The average Bonchev–Trinajstić information content (AvgIpc) is 3.19. The van der Waals surface area contributed by atoms with E-state index in [0.717, 1.165) is 50.4 Å². The maximum Gasteiger partial charge on any atom is 0.125 e. The van der Waals surface area contributed by atoms with Crippen LogP contribution in [-0.2, 0) is 13.1 Å². The molecule has 6 heteroatoms. The maximum atomic E-state index is 13.5. The Morgan fingerprint density at radius 2 is 1.86 bits per heavy atom. The third-order valence-electron chi connectivity index (χ3n) is 5.49. The lowest BCUT2D eigenvalue weighted by molar-refractivity contribution is 0.0500. The van der Waals surface area contributed by atoms with Gasteiger partial charge in [-0.25, -0.2) is 9.07 Å². The Bertz CT molecular complexity index is 914. The van der Waals surface area contributed by atoms with Crippen LogP contribution in [-0.4, -0.2) is 57.0 Å². The van der Waals surface area contributed by atoms with Gasteiger partial charge in [0.05, 0.1) is 11.9 Å². The predicted octanol–water partition coefficient (Wildman–Crippen LogP) is 3.08. The van der Waals surface area contributed by atoms with Crippen molar-refractivity contribution in [1.29, 1.82) is 0 Å². The largest absolute Gasteiger partial charge is 0.396 e. The van der Waals surface area contributed by atoms with Crippen LogP contribution >= 0.6 is 0 Å². The van der Waals surface area contributed by atoms with Crippen molar-refractivity contribution in [3.05, 3.63) is 83.9 Å². The number of hydrogen-bond donors (Lipinski definition) is 1. The summed E-state index contributed by atoms with van der Waals surface area (Å²) in [4.78, 5) is 4.88. The van der Waals surface area contributed by atoms with Crippen molar-refractivity contribution in [3.63, 3.8) is 0 Å². The van der Waals surface area contributed by atoms with Gasteiger partial charge in [-0.15, -0.1) is 0 Å². The summed E-state index contributed by atoms with van der Waals surface area (Å²) in [6, 6.07) is 17.3. The summed E-state index contributed by atoms with van der Waals surface area (Å²) >= 11 is 0. The molecule has 29 heavy (non-hydrogen) atoms. The van der Waals surface area contributed by atoms with Gasteiger partial charge in [-0.3, -0.25) is 9.80 Å². The Labute approximate surface area is 171 Å². The van der Waals surface area contributed by atoms with Crippen molar-refractivity contribution in [2.24, 2.45) is 0 Å². The number of benzene rings is 2. The van der Waals surface area contributed by atoms with Crippen LogP contribution in [0, 0.1) is 5.82 Å². The topological polar surface area (TPSA) is 44.5 Å². The molecular weight excluding hydrogens is 367 g/mol. The molecule has 0 amide bonds. The SMILES string of the molecule is OCC[C@H]1CN(Cc2cnn(-c3cccc(F)c3)c2)CCN1Cc1ccccc1. The van der Waals surface area contributed by atoms with Gasteiger partial charge in [0.25, 0.3) is 0 Å². The summed E-state index contributed by atoms with van der Waals surface area (Å²) in [5.41, 5.74) is 3.14. The first-order valence-corrected chi connectivity index (χ1v) is 10.1. The Morgan fingerprint density at radius 1 is 1.00 bits per heavy atom. The first-order valence-electron chi connectivity index (χ1n) is 10.1. The average molecular weight is 394 g/mol. The number of piperazine rings is 1. The van der Waals surface area contributed by atoms with Crippen LogP contribution in [0.5, 0.6) is 0 Å². The van der Waals surface area contributed by atoms with Crippen LogP contribution in [0.25, 0.3) is 5.69 Å². The monoisotopic (exact) mass is 394 g/mol. The van der Waals surface area contributed by atoms with E-state index in [4.69, 9.17) is 0 Å². The second kappa shape index (κ2) is 9.31. The number of nitrogens with zero attached hydrogens (tertiary/aromatic N) is 4. The first kappa shape index (κ1) is 19.8. The van der Waals surface area contributed by atoms with Crippen LogP contribution in [0.1, 0.15) is 17.5 Å². The molecule has 1 N–H and O–H groups in total. The van der Waals surface area contributed by atoms with E-state index in [1.807, 2.05) is 24.5 Å². The summed E-state index contributed by atoms with van der Waals surface area (Å²) in [7, 11) is 0. The Kier molecular flexibility index (Phi) is 6.34. The molecule has 0 bridgehead atoms. The van der Waals surface area contributed by atoms with Crippen molar-refractivity contribution < 1.29 is 9.50 Å². The van der Waals surface area contributed by atoms with Crippen molar-refractivity contribution in [3.8, 4) is 5.69 Å². The van der Waals surface area contributed by atoms with E-state index in [9.17, 15) is 9.50 Å². The van der Waals surface area contributed by atoms with Crippen molar-refractivity contribution in [2.45, 2.75) is 25.6 Å². The Balaban J connectivity index is 1.39. The number of rotatable bonds is 7. The summed E-state index contributed by atoms with van der Waals surface area (Å²) in [5.74, 6) is -0.263. The van der Waals surface area contributed by atoms with Gasteiger partial charge in [-0.05, 0) is 30.2 Å². The van der Waals surface area contributed by atoms with Crippen LogP contribution in [0.2, 0.25) is 0 Å². The molecule has 4 rings (SSSR count). The lowest BCUT2D eigenvalue weighted by atomic mass is 10.1. The second-order valence-electron chi connectivity index (χ2n) is 7.63. The van der Waals surface area contributed by atoms with Crippen LogP contribution in [0.3, 0.4) is 0 Å². The highest BCUT2D eigenvalue weighted by Crippen LogP contribution is 2.19. The number of aromatic nitrogens is 2. The molecule has 1 atom stereocenters. The van der Waals surface area contributed by atoms with E-state index in [2.05, 4.69) is 39.2 Å². The molecule has 2 aromatic carbocycles. The molecule has 1 aliphatic heterocycles. The summed E-state index contributed by atoms with van der Waals surface area (Å²) < 4.78 is 15.2. The highest BCUT2D eigenvalue weighted by Gasteiger charge is 2.26. The van der Waals surface area contributed by atoms with E-state index in [1.165, 1.54) is 17.7 Å². The third kappa shape index (κ3) is 5.09. The second-order valence-corrected chi connectivity index (χ2v) is 7.63. The summed E-state index contributed by atoms with van der Waals surface area (Å²) in [6.45, 7) is 4.77. The number of halogens is 1. The molecule has 2 heterocycles. The van der Waals surface area contributed by atoms with Crippen molar-refractivity contribution in [2.75, 3.05) is 26.2 Å². The van der Waals surface area contributed by atoms with Crippen LogP contribution in [0.15, 0.2) is 67.0 Å². The van der Waals surface area contributed by atoms with E-state index < -0.39 is 0 Å². The standard InChI is InChI=1S/C23H27FN4O/c24-21-7-4-8-22(13-21)28-17-20(14-25-28)15-26-10-11-27(23(18-26)9-12-29)16-19-5-2-1-3-6-19/h1-8,13-14,17,23,29H,9-12,15-16,18H2/t23-/m0/s1. The molecule has 1 fully saturated rings. The molecule has 0 unspecified atom stereocenters. The quantitative estimate of drug-likeness (QED) is 0.669. The minimum atomic E-state index is -0.263. The van der Waals surface area contributed by atoms with E-state index in [-0.39, 0.29) is 12.4 Å². The summed E-state index contributed by atoms with van der Waals surface area (Å²) in [6.07, 6.45) is 4.58. The molecular formula is C23H27FN4O. The fraction of sp³-hybridized carbons (Fsp3) is 0.348. The molecule has 0 spiro atoms. The zero-order valence-corrected chi connectivity index (χ0v) is 16.5. The summed E-state index contributed by atoms with van der Waals surface area (Å²) in [5, 5.41) is 13.9. The van der Waals surface area contributed by atoms with Crippen LogP contribution in [0.4, 0.5) is 4.39 Å². The number of hydrogen-bond acceptors (Lipinski definition) is 4. The molecule has 0 aliphatic carbocycles. The van der Waals surface area contributed by atoms with Gasteiger partial charge in [0.2, 0.25) is 0 Å². The van der Waals surface area contributed by atoms with Gasteiger partial charge in [0, 0.05) is 57.1 Å².